The van der Waals surface area contributed by atoms with Crippen LogP contribution in [0.3, 0.4) is 0 Å². The van der Waals surface area contributed by atoms with Crippen molar-refractivity contribution in [3.63, 3.8) is 0 Å². The Kier molecular flexibility index (Phi) is 6.62. The van der Waals surface area contributed by atoms with Gasteiger partial charge in [-0.1, -0.05) is 34.6 Å². The van der Waals surface area contributed by atoms with Crippen molar-refractivity contribution in [1.82, 2.24) is 4.90 Å². The van der Waals surface area contributed by atoms with Crippen LogP contribution in [0.4, 0.5) is 0 Å². The van der Waals surface area contributed by atoms with Crippen molar-refractivity contribution in [2.45, 2.75) is 136 Å². The molecule has 0 radical (unpaired) electrons. The Hall–Kier alpha value is -1.22. The molecule has 246 valence electrons. The molecule has 2 spiro atoms. The van der Waals surface area contributed by atoms with Crippen LogP contribution in [0, 0.1) is 56.7 Å². The van der Waals surface area contributed by atoms with E-state index in [0.717, 1.165) is 32.1 Å². The number of rotatable bonds is 5. The lowest BCUT2D eigenvalue weighted by molar-refractivity contribution is -0.248. The summed E-state index contributed by atoms with van der Waals surface area (Å²) in [6.45, 7) is 13.6. The SMILES string of the molecule is C[C@@H]1CC(C(=O)O)OC2[C@H]1[C@@]1(C)CC[C@@]34C[C@@]35CCC(O[C@H]3CN(C(=O)CC6CC6)CCO3)C(C)(C)[C@@H]5CCC4[C@]1(C)[C@H]2O. The predicted octanol–water partition coefficient (Wildman–Crippen LogP) is 5.25. The van der Waals surface area contributed by atoms with Crippen LogP contribution in [0.1, 0.15) is 105 Å². The number of hydrogen-bond acceptors (Lipinski definition) is 6. The van der Waals surface area contributed by atoms with Gasteiger partial charge in [-0.2, -0.15) is 0 Å². The lowest BCUT2D eigenvalue weighted by atomic mass is 9.41. The molecule has 0 aromatic rings. The molecule has 0 bridgehead atoms. The van der Waals surface area contributed by atoms with Crippen LogP contribution >= 0.6 is 0 Å². The van der Waals surface area contributed by atoms with Crippen LogP contribution < -0.4 is 0 Å². The fraction of sp³-hybridized carbons (Fsp3) is 0.944. The zero-order valence-electron chi connectivity index (χ0n) is 27.6. The molecule has 6 aliphatic carbocycles. The number of hydrogen-bond donors (Lipinski definition) is 2. The van der Waals surface area contributed by atoms with E-state index in [2.05, 4.69) is 34.6 Å². The van der Waals surface area contributed by atoms with Crippen molar-refractivity contribution in [2.75, 3.05) is 19.7 Å². The van der Waals surface area contributed by atoms with Gasteiger partial charge in [-0.15, -0.1) is 0 Å². The van der Waals surface area contributed by atoms with Crippen molar-refractivity contribution in [2.24, 2.45) is 56.7 Å². The molecule has 4 unspecified atom stereocenters. The van der Waals surface area contributed by atoms with Gasteiger partial charge in [0.05, 0.1) is 31.5 Å². The first kappa shape index (κ1) is 30.1. The van der Waals surface area contributed by atoms with E-state index < -0.39 is 24.3 Å². The van der Waals surface area contributed by atoms with Gasteiger partial charge < -0.3 is 29.3 Å². The summed E-state index contributed by atoms with van der Waals surface area (Å²) in [5.41, 5.74) is 0.160. The second-order valence-corrected chi connectivity index (χ2v) is 17.8. The number of aliphatic carboxylic acids is 1. The summed E-state index contributed by atoms with van der Waals surface area (Å²) in [6, 6.07) is 0. The molecule has 6 saturated carbocycles. The van der Waals surface area contributed by atoms with Gasteiger partial charge in [0.15, 0.2) is 12.4 Å². The number of carbonyl (C=O) groups is 2. The summed E-state index contributed by atoms with van der Waals surface area (Å²) in [5.74, 6) is 1.33. The summed E-state index contributed by atoms with van der Waals surface area (Å²) in [5, 5.41) is 22.0. The van der Waals surface area contributed by atoms with Crippen LogP contribution in [-0.4, -0.2) is 77.4 Å². The predicted molar refractivity (Wildman–Crippen MR) is 162 cm³/mol. The summed E-state index contributed by atoms with van der Waals surface area (Å²) >= 11 is 0. The summed E-state index contributed by atoms with van der Waals surface area (Å²) in [6.07, 6.45) is 9.42. The molecule has 44 heavy (non-hydrogen) atoms. The van der Waals surface area contributed by atoms with Gasteiger partial charge in [0.2, 0.25) is 5.91 Å². The van der Waals surface area contributed by atoms with Crippen LogP contribution in [0.5, 0.6) is 0 Å². The molecule has 2 saturated heterocycles. The van der Waals surface area contributed by atoms with E-state index in [0.29, 0.717) is 50.3 Å². The van der Waals surface area contributed by atoms with E-state index in [1.54, 1.807) is 0 Å². The molecule has 8 nitrogen and oxygen atoms in total. The molecule has 0 aromatic carbocycles. The molecule has 8 rings (SSSR count). The fourth-order valence-corrected chi connectivity index (χ4v) is 13.5. The third kappa shape index (κ3) is 3.83. The Morgan fingerprint density at radius 2 is 1.70 bits per heavy atom. The Bertz CT molecular complexity index is 1220. The number of carbonyl (C=O) groups excluding carboxylic acids is 1. The quantitative estimate of drug-likeness (QED) is 0.436. The zero-order chi connectivity index (χ0) is 31.0. The van der Waals surface area contributed by atoms with Crippen molar-refractivity contribution in [1.29, 1.82) is 0 Å². The summed E-state index contributed by atoms with van der Waals surface area (Å²) in [7, 11) is 0. The highest BCUT2D eigenvalue weighted by molar-refractivity contribution is 5.76. The molecule has 2 aliphatic heterocycles. The van der Waals surface area contributed by atoms with Gasteiger partial charge in [-0.25, -0.2) is 4.79 Å². The molecule has 8 fully saturated rings. The van der Waals surface area contributed by atoms with Crippen molar-refractivity contribution in [3.8, 4) is 0 Å². The van der Waals surface area contributed by atoms with Gasteiger partial charge in [-0.05, 0) is 115 Å². The second kappa shape index (κ2) is 9.67. The summed E-state index contributed by atoms with van der Waals surface area (Å²) < 4.78 is 19.2. The van der Waals surface area contributed by atoms with E-state index in [1.165, 1.54) is 25.7 Å². The number of ether oxygens (including phenoxy) is 3. The van der Waals surface area contributed by atoms with Gasteiger partial charge in [-0.3, -0.25) is 4.79 Å². The maximum absolute atomic E-state index is 12.8. The Morgan fingerprint density at radius 1 is 0.977 bits per heavy atom. The molecule has 2 heterocycles. The standard InChI is InChI=1S/C36H55NO7/c1-20-16-22(31(40)41)43-29-28(20)33(4)12-13-36-19-35(36)11-10-25(32(2,3)23(35)8-9-24(36)34(33,5)30(29)39)44-27-18-37(14-15-42-27)26(38)17-21-6-7-21/h20-25,27-30,39H,6-19H2,1-5H3,(H,40,41)/t20-,22?,23+,24?,25?,27+,28+,29?,30+,33-,34-,35-,36+/m1/s1. The first-order valence-corrected chi connectivity index (χ1v) is 17.9. The number of aliphatic hydroxyl groups is 1. The Morgan fingerprint density at radius 3 is 2.43 bits per heavy atom. The second-order valence-electron chi connectivity index (χ2n) is 17.8. The average Bonchev–Trinajstić information content (AvgIpc) is 3.90. The van der Waals surface area contributed by atoms with Crippen LogP contribution in [-0.2, 0) is 23.8 Å². The Labute approximate surface area is 262 Å². The fourth-order valence-electron chi connectivity index (χ4n) is 13.5. The average molecular weight is 614 g/mol. The van der Waals surface area contributed by atoms with Crippen LogP contribution in [0.2, 0.25) is 0 Å². The monoisotopic (exact) mass is 613 g/mol. The largest absolute Gasteiger partial charge is 0.479 e. The Balaban J connectivity index is 1.01. The van der Waals surface area contributed by atoms with Gasteiger partial charge in [0.25, 0.3) is 0 Å². The molecule has 1 amide bonds. The molecule has 8 heteroatoms. The lowest BCUT2D eigenvalue weighted by Crippen LogP contribution is -2.60. The number of nitrogens with zero attached hydrogens (tertiary/aromatic N) is 1. The third-order valence-corrected chi connectivity index (χ3v) is 15.9. The molecule has 13 atom stereocenters. The molecule has 8 aliphatic rings. The number of amides is 1. The number of fused-ring (bicyclic) bond motifs is 4. The molecular formula is C36H55NO7. The van der Waals surface area contributed by atoms with E-state index in [9.17, 15) is 19.8 Å². The minimum atomic E-state index is -0.900. The maximum Gasteiger partial charge on any atom is 0.332 e. The highest BCUT2D eigenvalue weighted by Crippen LogP contribution is 2.89. The van der Waals surface area contributed by atoms with E-state index in [4.69, 9.17) is 14.2 Å². The van der Waals surface area contributed by atoms with E-state index >= 15 is 0 Å². The minimum Gasteiger partial charge on any atom is -0.479 e. The van der Waals surface area contributed by atoms with Gasteiger partial charge >= 0.3 is 5.97 Å². The van der Waals surface area contributed by atoms with Crippen LogP contribution in [0.15, 0.2) is 0 Å². The zero-order valence-corrected chi connectivity index (χ0v) is 27.6. The van der Waals surface area contributed by atoms with Gasteiger partial charge in [0, 0.05) is 18.4 Å². The molecular weight excluding hydrogens is 558 g/mol. The number of carboxylic acids is 1. The third-order valence-electron chi connectivity index (χ3n) is 15.9. The smallest absolute Gasteiger partial charge is 0.332 e. The topological polar surface area (TPSA) is 106 Å². The van der Waals surface area contributed by atoms with E-state index in [1.807, 2.05) is 4.90 Å². The highest BCUT2D eigenvalue weighted by atomic mass is 16.7. The number of carboxylic acid groups (broad SMARTS) is 1. The normalized spacial score (nSPS) is 53.9. The maximum atomic E-state index is 12.8. The minimum absolute atomic E-state index is 0.00729. The van der Waals surface area contributed by atoms with Crippen molar-refractivity contribution < 1.29 is 34.0 Å². The van der Waals surface area contributed by atoms with E-state index in [-0.39, 0.29) is 57.2 Å². The summed E-state index contributed by atoms with van der Waals surface area (Å²) in [4.78, 5) is 26.8. The van der Waals surface area contributed by atoms with Gasteiger partial charge in [0.1, 0.15) is 0 Å². The highest BCUT2D eigenvalue weighted by Gasteiger charge is 2.84. The molecule has 2 N–H and O–H groups in total. The number of morpholine rings is 1. The molecule has 0 aromatic heterocycles. The van der Waals surface area contributed by atoms with Crippen molar-refractivity contribution >= 4 is 11.9 Å². The van der Waals surface area contributed by atoms with Crippen LogP contribution in [0.25, 0.3) is 0 Å². The first-order chi connectivity index (χ1) is 20.8. The van der Waals surface area contributed by atoms with Crippen molar-refractivity contribution in [3.05, 3.63) is 0 Å². The number of aliphatic hydroxyl groups excluding tert-OH is 1. The lowest BCUT2D eigenvalue weighted by Gasteiger charge is -2.63. The first-order valence-electron chi connectivity index (χ1n) is 17.9.